The number of hydrogen-bond acceptors (Lipinski definition) is 8. The summed E-state index contributed by atoms with van der Waals surface area (Å²) in [6.07, 6.45) is -9.51. The number of aryl methyl sites for hydroxylation is 2. The molecular weight excluding hydrogens is 980 g/mol. The summed E-state index contributed by atoms with van der Waals surface area (Å²) in [5.41, 5.74) is -1.99. The average molecular weight is 1010 g/mol. The number of carbonyl (C=O) groups is 2. The summed E-state index contributed by atoms with van der Waals surface area (Å²) < 4.78 is 131. The first kappa shape index (κ1) is 50.8. The molecule has 4 aromatic carbocycles. The number of halogens is 13. The fourth-order valence-corrected chi connectivity index (χ4v) is 7.05. The van der Waals surface area contributed by atoms with Crippen LogP contribution in [0.3, 0.4) is 0 Å². The summed E-state index contributed by atoms with van der Waals surface area (Å²) in [5, 5.41) is 21.8. The van der Waals surface area contributed by atoms with Gasteiger partial charge in [-0.15, -0.1) is 22.7 Å². The van der Waals surface area contributed by atoms with E-state index in [1.54, 1.807) is 0 Å². The fraction of sp³-hybridized carbons (Fsp3) is 0.135. The summed E-state index contributed by atoms with van der Waals surface area (Å²) >= 11 is 15.2. The van der Waals surface area contributed by atoms with E-state index in [4.69, 9.17) is 33.2 Å². The Hall–Kier alpha value is -4.58. The molecule has 0 radical (unpaired) electrons. The monoisotopic (exact) mass is 1000 g/mol. The number of rotatable bonds is 6. The standard InChI is InChI=1S/C18H10ClF5N2OS.C12H7BrF4N2OS.C6H5BClFO2.CH4/c1-8-25-16(18(22,23)24)15(28-8)17(27)26-14-5-3-10(20)7-11(14)9-2-4-12(19)13(21)6-9;1-5-18-10(12(15,16)17)9(21-5)11(20)19-8-3-2-6(14)4-7(8)13;8-5-2-1-4(7(10)11)3-6(5)9;/h2-7H,1H3,(H,26,27);2-4H,1H3,(H,19,20);1-3,10-11H;1H4. The molecule has 0 aliphatic rings. The van der Waals surface area contributed by atoms with Crippen molar-refractivity contribution in [3.63, 3.8) is 0 Å². The fourth-order valence-electron chi connectivity index (χ4n) is 4.70. The minimum atomic E-state index is -4.80. The van der Waals surface area contributed by atoms with Gasteiger partial charge >= 0.3 is 19.5 Å². The molecule has 61 heavy (non-hydrogen) atoms. The van der Waals surface area contributed by atoms with Crippen molar-refractivity contribution in [2.75, 3.05) is 10.6 Å². The molecular formula is C37H26BBrCl2F10N4O4S2. The molecule has 24 heteroatoms. The van der Waals surface area contributed by atoms with Crippen LogP contribution in [0.2, 0.25) is 10.0 Å². The lowest BCUT2D eigenvalue weighted by molar-refractivity contribution is -0.141. The maximum absolute atomic E-state index is 13.8. The van der Waals surface area contributed by atoms with Gasteiger partial charge < -0.3 is 20.7 Å². The Balaban J connectivity index is 0.000000264. The highest BCUT2D eigenvalue weighted by Gasteiger charge is 2.40. The normalized spacial score (nSPS) is 11.0. The van der Waals surface area contributed by atoms with Crippen molar-refractivity contribution in [3.05, 3.63) is 142 Å². The van der Waals surface area contributed by atoms with Crippen LogP contribution in [0.5, 0.6) is 0 Å². The lowest BCUT2D eigenvalue weighted by Crippen LogP contribution is -2.29. The highest BCUT2D eigenvalue weighted by atomic mass is 79.9. The Morgan fingerprint density at radius 1 is 0.672 bits per heavy atom. The molecule has 0 saturated carbocycles. The van der Waals surface area contributed by atoms with E-state index in [2.05, 4.69) is 36.5 Å². The molecule has 2 aromatic heterocycles. The van der Waals surface area contributed by atoms with Gasteiger partial charge in [0.1, 0.15) is 33.0 Å². The number of carbonyl (C=O) groups excluding carboxylic acids is 2. The number of nitrogens with one attached hydrogen (secondary N) is 2. The SMILES string of the molecule is C.Cc1nc(C(F)(F)F)c(C(=O)Nc2ccc(F)cc2-c2ccc(Cl)c(F)c2)s1.Cc1nc(C(F)(F)F)c(C(=O)Nc2ccc(F)cc2Br)s1.OB(O)c1ccc(Cl)c(F)c1. The van der Waals surface area contributed by atoms with Crippen LogP contribution >= 0.6 is 61.8 Å². The number of alkyl halides is 6. The predicted molar refractivity (Wildman–Crippen MR) is 218 cm³/mol. The van der Waals surface area contributed by atoms with E-state index in [0.29, 0.717) is 22.7 Å². The Labute approximate surface area is 366 Å². The third kappa shape index (κ3) is 13.7. The number of aromatic nitrogens is 2. The van der Waals surface area contributed by atoms with Crippen LogP contribution in [0.1, 0.15) is 48.2 Å². The van der Waals surface area contributed by atoms with Gasteiger partial charge in [0.15, 0.2) is 11.4 Å². The highest BCUT2D eigenvalue weighted by molar-refractivity contribution is 9.10. The van der Waals surface area contributed by atoms with E-state index in [0.717, 1.165) is 36.4 Å². The van der Waals surface area contributed by atoms with Gasteiger partial charge in [-0.1, -0.05) is 42.8 Å². The number of benzene rings is 4. The van der Waals surface area contributed by atoms with Gasteiger partial charge in [-0.3, -0.25) is 9.59 Å². The van der Waals surface area contributed by atoms with Crippen LogP contribution < -0.4 is 16.1 Å². The summed E-state index contributed by atoms with van der Waals surface area (Å²) in [4.78, 5) is 30.0. The van der Waals surface area contributed by atoms with Crippen LogP contribution in [-0.2, 0) is 12.4 Å². The molecule has 0 unspecified atom stereocenters. The molecule has 8 nitrogen and oxygen atoms in total. The maximum Gasteiger partial charge on any atom is 0.488 e. The zero-order valence-electron chi connectivity index (χ0n) is 29.8. The first-order valence-corrected chi connectivity index (χ1v) is 19.3. The largest absolute Gasteiger partial charge is 0.488 e. The van der Waals surface area contributed by atoms with Crippen LogP contribution in [0.25, 0.3) is 11.1 Å². The molecule has 0 aliphatic heterocycles. The molecule has 0 aliphatic carbocycles. The molecule has 0 spiro atoms. The Kier molecular flexibility index (Phi) is 17.5. The minimum Gasteiger partial charge on any atom is -0.423 e. The van der Waals surface area contributed by atoms with E-state index in [-0.39, 0.29) is 59.9 Å². The second kappa shape index (κ2) is 21.0. The highest BCUT2D eigenvalue weighted by Crippen LogP contribution is 2.37. The van der Waals surface area contributed by atoms with Crippen molar-refractivity contribution < 1.29 is 63.5 Å². The first-order chi connectivity index (χ1) is 27.8. The average Bonchev–Trinajstić information content (AvgIpc) is 3.76. The predicted octanol–water partition coefficient (Wildman–Crippen LogP) is 11.7. The Morgan fingerprint density at radius 3 is 1.56 bits per heavy atom. The second-order valence-electron chi connectivity index (χ2n) is 11.7. The number of nitrogens with zero attached hydrogens (tertiary/aromatic N) is 2. The van der Waals surface area contributed by atoms with Crippen molar-refractivity contribution in [2.45, 2.75) is 33.6 Å². The van der Waals surface area contributed by atoms with E-state index in [1.165, 1.54) is 50.2 Å². The molecule has 2 amide bonds. The van der Waals surface area contributed by atoms with E-state index < -0.39 is 75.7 Å². The summed E-state index contributed by atoms with van der Waals surface area (Å²) in [5.74, 6) is -4.63. The topological polar surface area (TPSA) is 124 Å². The third-order valence-corrected chi connectivity index (χ3v) is 10.5. The maximum atomic E-state index is 13.8. The van der Waals surface area contributed by atoms with Gasteiger partial charge in [-0.2, -0.15) is 26.3 Å². The molecule has 0 saturated heterocycles. The van der Waals surface area contributed by atoms with Gasteiger partial charge in [-0.05, 0) is 101 Å². The van der Waals surface area contributed by atoms with Crippen molar-refractivity contribution >= 4 is 97.6 Å². The molecule has 4 N–H and O–H groups in total. The van der Waals surface area contributed by atoms with Crippen LogP contribution in [0.4, 0.5) is 55.3 Å². The molecule has 0 atom stereocenters. The number of anilines is 2. The Morgan fingerprint density at radius 2 is 1.11 bits per heavy atom. The lowest BCUT2D eigenvalue weighted by atomic mass is 9.80. The zero-order valence-corrected chi connectivity index (χ0v) is 34.6. The van der Waals surface area contributed by atoms with Crippen LogP contribution in [0, 0.1) is 37.1 Å². The third-order valence-electron chi connectivity index (χ3n) is 7.30. The number of thiazole rings is 2. The van der Waals surface area contributed by atoms with Gasteiger partial charge in [0.2, 0.25) is 0 Å². The molecule has 0 fully saturated rings. The summed E-state index contributed by atoms with van der Waals surface area (Å²) in [6, 6.07) is 13.9. The van der Waals surface area contributed by atoms with Crippen LogP contribution in [-0.4, -0.2) is 38.9 Å². The molecule has 2 heterocycles. The lowest BCUT2D eigenvalue weighted by Gasteiger charge is -2.12. The smallest absolute Gasteiger partial charge is 0.423 e. The van der Waals surface area contributed by atoms with Crippen LogP contribution in [0.15, 0.2) is 77.3 Å². The molecule has 6 aromatic rings. The van der Waals surface area contributed by atoms with Crippen molar-refractivity contribution in [1.29, 1.82) is 0 Å². The number of hydrogen-bond donors (Lipinski definition) is 4. The summed E-state index contributed by atoms with van der Waals surface area (Å²) in [7, 11) is -1.65. The minimum absolute atomic E-state index is 0. The van der Waals surface area contributed by atoms with Gasteiger partial charge in [-0.25, -0.2) is 27.5 Å². The van der Waals surface area contributed by atoms with Gasteiger partial charge in [0, 0.05) is 15.7 Å². The van der Waals surface area contributed by atoms with Gasteiger partial charge in [0.05, 0.1) is 25.7 Å². The Bertz CT molecular complexity index is 2540. The molecule has 0 bridgehead atoms. The second-order valence-corrected chi connectivity index (χ2v) is 15.8. The zero-order chi connectivity index (χ0) is 44.9. The van der Waals surface area contributed by atoms with E-state index in [1.807, 2.05) is 0 Å². The van der Waals surface area contributed by atoms with Crippen molar-refractivity contribution in [3.8, 4) is 11.1 Å². The van der Waals surface area contributed by atoms with Crippen molar-refractivity contribution in [2.24, 2.45) is 0 Å². The molecule has 324 valence electrons. The van der Waals surface area contributed by atoms with E-state index in [9.17, 15) is 53.5 Å². The van der Waals surface area contributed by atoms with Crippen molar-refractivity contribution in [1.82, 2.24) is 9.97 Å². The quantitative estimate of drug-likeness (QED) is 0.0973. The summed E-state index contributed by atoms with van der Waals surface area (Å²) in [6.45, 7) is 2.72. The first-order valence-electron chi connectivity index (χ1n) is 16.1. The molecule has 6 rings (SSSR count). The number of amides is 2. The van der Waals surface area contributed by atoms with Gasteiger partial charge in [0.25, 0.3) is 11.8 Å². The van der Waals surface area contributed by atoms with E-state index >= 15 is 0 Å².